The van der Waals surface area contributed by atoms with Crippen molar-refractivity contribution in [2.75, 3.05) is 6.54 Å². The highest BCUT2D eigenvalue weighted by Gasteiger charge is 2.16. The first kappa shape index (κ1) is 17.4. The Bertz CT molecular complexity index is 886. The van der Waals surface area contributed by atoms with Gasteiger partial charge in [0.05, 0.1) is 10.9 Å². The zero-order valence-electron chi connectivity index (χ0n) is 13.6. The monoisotopic (exact) mass is 373 g/mol. The lowest BCUT2D eigenvalue weighted by molar-refractivity contribution is 0.0764. The smallest absolute Gasteiger partial charge is 0.257 e. The van der Waals surface area contributed by atoms with E-state index in [2.05, 4.69) is 16.7 Å². The van der Waals surface area contributed by atoms with Gasteiger partial charge in [0.1, 0.15) is 0 Å². The Labute approximate surface area is 154 Å². The molecule has 3 rings (SSSR count). The summed E-state index contributed by atoms with van der Waals surface area (Å²) in [6.07, 6.45) is 1.71. The van der Waals surface area contributed by atoms with Crippen LogP contribution in [0.1, 0.15) is 21.1 Å². The van der Waals surface area contributed by atoms with Crippen molar-refractivity contribution in [1.82, 2.24) is 15.0 Å². The Morgan fingerprint density at radius 2 is 2.08 bits per heavy atom. The highest BCUT2D eigenvalue weighted by Crippen LogP contribution is 2.24. The maximum atomic E-state index is 12.8. The van der Waals surface area contributed by atoms with Gasteiger partial charge in [-0.3, -0.25) is 4.79 Å². The summed E-state index contributed by atoms with van der Waals surface area (Å²) in [5.41, 5.74) is 1.36. The molecule has 2 aromatic heterocycles. The van der Waals surface area contributed by atoms with Crippen molar-refractivity contribution < 1.29 is 9.32 Å². The molecule has 5 nitrogen and oxygen atoms in total. The van der Waals surface area contributed by atoms with Gasteiger partial charge in [-0.25, -0.2) is 0 Å². The van der Waals surface area contributed by atoms with Crippen LogP contribution in [0.2, 0.25) is 4.34 Å². The van der Waals surface area contributed by atoms with Gasteiger partial charge in [-0.1, -0.05) is 22.8 Å². The van der Waals surface area contributed by atoms with Gasteiger partial charge < -0.3 is 9.42 Å². The molecule has 0 saturated carbocycles. The number of halogens is 1. The maximum Gasteiger partial charge on any atom is 0.257 e. The van der Waals surface area contributed by atoms with Crippen LogP contribution in [0, 0.1) is 6.92 Å². The van der Waals surface area contributed by atoms with E-state index in [1.165, 1.54) is 11.3 Å². The van der Waals surface area contributed by atoms with Crippen LogP contribution in [0.3, 0.4) is 0 Å². The largest absolute Gasteiger partial charge is 0.334 e. The number of hydrogen-bond acceptors (Lipinski definition) is 5. The molecule has 128 valence electrons. The van der Waals surface area contributed by atoms with Crippen molar-refractivity contribution in [3.05, 3.63) is 69.7 Å². The summed E-state index contributed by atoms with van der Waals surface area (Å²) < 4.78 is 5.85. The quantitative estimate of drug-likeness (QED) is 0.593. The molecule has 0 fully saturated rings. The lowest BCUT2D eigenvalue weighted by Crippen LogP contribution is -2.30. The van der Waals surface area contributed by atoms with E-state index in [1.54, 1.807) is 42.2 Å². The predicted octanol–water partition coefficient (Wildman–Crippen LogP) is 4.59. The highest BCUT2D eigenvalue weighted by molar-refractivity contribution is 7.16. The first-order valence-corrected chi connectivity index (χ1v) is 8.81. The maximum absolute atomic E-state index is 12.8. The molecule has 0 bridgehead atoms. The molecule has 0 aliphatic carbocycles. The number of rotatable bonds is 6. The summed E-state index contributed by atoms with van der Waals surface area (Å²) in [6.45, 7) is 6.44. The van der Waals surface area contributed by atoms with Crippen molar-refractivity contribution >= 4 is 28.8 Å². The zero-order valence-corrected chi connectivity index (χ0v) is 15.2. The van der Waals surface area contributed by atoms with Crippen molar-refractivity contribution in [1.29, 1.82) is 0 Å². The Morgan fingerprint density at radius 1 is 1.32 bits per heavy atom. The Hall–Kier alpha value is -2.44. The highest BCUT2D eigenvalue weighted by atomic mass is 35.5. The average molecular weight is 374 g/mol. The molecular formula is C18H16ClN3O2S. The van der Waals surface area contributed by atoms with Crippen molar-refractivity contribution in [2.45, 2.75) is 13.5 Å². The van der Waals surface area contributed by atoms with E-state index in [1.807, 2.05) is 12.1 Å². The fourth-order valence-electron chi connectivity index (χ4n) is 2.35. The van der Waals surface area contributed by atoms with Gasteiger partial charge in [0, 0.05) is 22.5 Å². The number of nitrogens with zero attached hydrogens (tertiary/aromatic N) is 3. The molecule has 3 aromatic rings. The summed E-state index contributed by atoms with van der Waals surface area (Å²) in [7, 11) is 0. The molecule has 0 aliphatic heterocycles. The fourth-order valence-corrected chi connectivity index (χ4v) is 3.46. The van der Waals surface area contributed by atoms with Gasteiger partial charge in [-0.05, 0) is 43.3 Å². The van der Waals surface area contributed by atoms with E-state index < -0.39 is 0 Å². The van der Waals surface area contributed by atoms with Crippen LogP contribution in [0.25, 0.3) is 11.5 Å². The molecule has 0 unspecified atom stereocenters. The van der Waals surface area contributed by atoms with Crippen LogP contribution in [0.5, 0.6) is 0 Å². The van der Waals surface area contributed by atoms with Crippen LogP contribution >= 0.6 is 22.9 Å². The van der Waals surface area contributed by atoms with Gasteiger partial charge in [-0.2, -0.15) is 4.98 Å². The molecule has 0 aliphatic rings. The number of aryl methyl sites for hydroxylation is 1. The predicted molar refractivity (Wildman–Crippen MR) is 98.7 cm³/mol. The summed E-state index contributed by atoms with van der Waals surface area (Å²) in [5.74, 6) is 0.937. The van der Waals surface area contributed by atoms with Gasteiger partial charge in [0.2, 0.25) is 0 Å². The van der Waals surface area contributed by atoms with E-state index >= 15 is 0 Å². The van der Waals surface area contributed by atoms with Gasteiger partial charge in [0.25, 0.3) is 11.8 Å². The van der Waals surface area contributed by atoms with Crippen molar-refractivity contribution in [2.24, 2.45) is 0 Å². The van der Waals surface area contributed by atoms with E-state index in [0.29, 0.717) is 34.7 Å². The molecule has 25 heavy (non-hydrogen) atoms. The second-order valence-electron chi connectivity index (χ2n) is 5.40. The molecule has 0 spiro atoms. The summed E-state index contributed by atoms with van der Waals surface area (Å²) >= 11 is 7.44. The average Bonchev–Trinajstić information content (AvgIpc) is 3.22. The van der Waals surface area contributed by atoms with E-state index in [0.717, 1.165) is 10.4 Å². The number of benzene rings is 1. The second kappa shape index (κ2) is 7.63. The zero-order chi connectivity index (χ0) is 17.8. The lowest BCUT2D eigenvalue weighted by atomic mass is 10.1. The minimum atomic E-state index is -0.0716. The summed E-state index contributed by atoms with van der Waals surface area (Å²) in [4.78, 5) is 19.7. The van der Waals surface area contributed by atoms with Gasteiger partial charge in [-0.15, -0.1) is 17.9 Å². The number of hydrogen-bond donors (Lipinski definition) is 0. The van der Waals surface area contributed by atoms with Gasteiger partial charge >= 0.3 is 0 Å². The van der Waals surface area contributed by atoms with Crippen LogP contribution in [-0.2, 0) is 6.54 Å². The van der Waals surface area contributed by atoms with Crippen LogP contribution in [0.4, 0.5) is 0 Å². The Morgan fingerprint density at radius 3 is 2.64 bits per heavy atom. The van der Waals surface area contributed by atoms with Gasteiger partial charge in [0.15, 0.2) is 5.82 Å². The molecule has 1 amide bonds. The SMILES string of the molecule is C=CCN(Cc1ccc(Cl)s1)C(=O)c1ccc(-c2nc(C)no2)cc1. The third-order valence-electron chi connectivity index (χ3n) is 3.52. The fraction of sp³-hybridized carbons (Fsp3) is 0.167. The number of aromatic nitrogens is 2. The standard InChI is InChI=1S/C18H16ClN3O2S/c1-3-10-22(11-15-8-9-16(19)25-15)18(23)14-6-4-13(5-7-14)17-20-12(2)21-24-17/h3-9H,1,10-11H2,2H3. The van der Waals surface area contributed by atoms with E-state index in [9.17, 15) is 4.79 Å². The summed E-state index contributed by atoms with van der Waals surface area (Å²) in [6, 6.07) is 10.9. The molecule has 0 saturated heterocycles. The Kier molecular flexibility index (Phi) is 5.31. The Balaban J connectivity index is 1.78. The molecule has 0 radical (unpaired) electrons. The minimum absolute atomic E-state index is 0.0716. The van der Waals surface area contributed by atoms with Crippen molar-refractivity contribution in [3.63, 3.8) is 0 Å². The minimum Gasteiger partial charge on any atom is -0.334 e. The second-order valence-corrected chi connectivity index (χ2v) is 7.20. The van der Waals surface area contributed by atoms with E-state index in [-0.39, 0.29) is 5.91 Å². The van der Waals surface area contributed by atoms with Crippen LogP contribution in [0.15, 0.2) is 53.6 Å². The first-order valence-electron chi connectivity index (χ1n) is 7.62. The van der Waals surface area contributed by atoms with E-state index in [4.69, 9.17) is 16.1 Å². The molecule has 0 atom stereocenters. The number of thiophene rings is 1. The van der Waals surface area contributed by atoms with Crippen LogP contribution in [-0.4, -0.2) is 27.5 Å². The van der Waals surface area contributed by atoms with Crippen LogP contribution < -0.4 is 0 Å². The number of carbonyl (C=O) groups is 1. The number of amides is 1. The molecule has 7 heteroatoms. The molecule has 1 aromatic carbocycles. The molecule has 0 N–H and O–H groups in total. The van der Waals surface area contributed by atoms with Crippen molar-refractivity contribution in [3.8, 4) is 11.5 Å². The molecular weight excluding hydrogens is 358 g/mol. The third-order valence-corrected chi connectivity index (χ3v) is 4.73. The first-order chi connectivity index (χ1) is 12.1. The topological polar surface area (TPSA) is 59.2 Å². The lowest BCUT2D eigenvalue weighted by Gasteiger charge is -2.20. The molecule has 2 heterocycles. The normalized spacial score (nSPS) is 10.6. The number of carbonyl (C=O) groups excluding carboxylic acids is 1. The summed E-state index contributed by atoms with van der Waals surface area (Å²) in [5, 5.41) is 3.77. The third kappa shape index (κ3) is 4.15.